The molecule has 0 unspecified atom stereocenters. The summed E-state index contributed by atoms with van der Waals surface area (Å²) in [4.78, 5) is 15.8. The number of amides is 1. The van der Waals surface area contributed by atoms with Crippen molar-refractivity contribution in [1.29, 1.82) is 0 Å². The van der Waals surface area contributed by atoms with E-state index in [9.17, 15) is 17.6 Å². The van der Waals surface area contributed by atoms with Crippen LogP contribution < -0.4 is 0 Å². The van der Waals surface area contributed by atoms with Gasteiger partial charge in [0.25, 0.3) is 5.91 Å². The van der Waals surface area contributed by atoms with E-state index in [1.165, 1.54) is 23.1 Å². The van der Waals surface area contributed by atoms with Crippen molar-refractivity contribution in [2.24, 2.45) is 0 Å². The molecule has 0 saturated carbocycles. The third-order valence-electron chi connectivity index (χ3n) is 4.92. The van der Waals surface area contributed by atoms with Crippen LogP contribution in [0.3, 0.4) is 0 Å². The number of rotatable bonds is 4. The van der Waals surface area contributed by atoms with Crippen molar-refractivity contribution in [3.63, 3.8) is 0 Å². The fraction of sp³-hybridized carbons (Fsp3) is 0.588. The molecule has 0 bridgehead atoms. The molecule has 1 spiro atoms. The number of benzene rings is 1. The minimum atomic E-state index is -3.28. The number of halogens is 1. The Bertz CT molecular complexity index is 762. The lowest BCUT2D eigenvalue weighted by molar-refractivity contribution is -0.121. The van der Waals surface area contributed by atoms with Crippen LogP contribution in [0.25, 0.3) is 0 Å². The Kier molecular flexibility index (Phi) is 4.87. The van der Waals surface area contributed by atoms with Crippen molar-refractivity contribution in [2.75, 3.05) is 45.6 Å². The molecule has 2 aliphatic heterocycles. The van der Waals surface area contributed by atoms with E-state index in [1.807, 2.05) is 18.9 Å². The molecule has 8 heteroatoms. The molecule has 2 saturated heterocycles. The van der Waals surface area contributed by atoms with E-state index in [-0.39, 0.29) is 36.9 Å². The van der Waals surface area contributed by atoms with Crippen LogP contribution in [0.4, 0.5) is 4.39 Å². The largest absolute Gasteiger partial charge is 0.369 e. The van der Waals surface area contributed by atoms with Crippen LogP contribution in [0.1, 0.15) is 17.3 Å². The highest BCUT2D eigenvalue weighted by Gasteiger charge is 2.53. The van der Waals surface area contributed by atoms with E-state index in [2.05, 4.69) is 0 Å². The van der Waals surface area contributed by atoms with E-state index in [0.717, 1.165) is 6.54 Å². The second-order valence-corrected chi connectivity index (χ2v) is 9.23. The summed E-state index contributed by atoms with van der Waals surface area (Å²) in [5, 5.41) is -0.531. The summed E-state index contributed by atoms with van der Waals surface area (Å²) in [6.45, 7) is 3.78. The van der Waals surface area contributed by atoms with E-state index >= 15 is 0 Å². The molecular weight excluding hydrogens is 347 g/mol. The third-order valence-corrected chi connectivity index (χ3v) is 7.15. The summed E-state index contributed by atoms with van der Waals surface area (Å²) in [6.07, 6.45) is 0. The van der Waals surface area contributed by atoms with Crippen molar-refractivity contribution >= 4 is 15.7 Å². The van der Waals surface area contributed by atoms with Gasteiger partial charge in [-0.05, 0) is 31.8 Å². The van der Waals surface area contributed by atoms with Gasteiger partial charge in [-0.3, -0.25) is 4.79 Å². The van der Waals surface area contributed by atoms with Gasteiger partial charge in [0.2, 0.25) is 0 Å². The molecule has 2 aliphatic rings. The Morgan fingerprint density at radius 2 is 2.16 bits per heavy atom. The molecule has 6 nitrogen and oxygen atoms in total. The zero-order valence-electron chi connectivity index (χ0n) is 14.4. The third kappa shape index (κ3) is 3.70. The first-order chi connectivity index (χ1) is 11.7. The summed E-state index contributed by atoms with van der Waals surface area (Å²) in [5.74, 6) is -0.853. The second kappa shape index (κ2) is 6.66. The van der Waals surface area contributed by atoms with Gasteiger partial charge in [0.1, 0.15) is 11.4 Å². The van der Waals surface area contributed by atoms with Gasteiger partial charge in [-0.25, -0.2) is 12.8 Å². The predicted octanol–water partition coefficient (Wildman–Crippen LogP) is 0.786. The molecule has 3 rings (SSSR count). The van der Waals surface area contributed by atoms with Gasteiger partial charge < -0.3 is 14.5 Å². The second-order valence-electron chi connectivity index (χ2n) is 6.95. The smallest absolute Gasteiger partial charge is 0.254 e. The Hall–Kier alpha value is -1.51. The molecule has 0 radical (unpaired) electrons. The van der Waals surface area contributed by atoms with Crippen LogP contribution >= 0.6 is 0 Å². The zero-order chi connectivity index (χ0) is 18.2. The van der Waals surface area contributed by atoms with Crippen LogP contribution in [0.15, 0.2) is 24.3 Å². The summed E-state index contributed by atoms with van der Waals surface area (Å²) < 4.78 is 44.3. The normalized spacial score (nSPS) is 24.3. The highest BCUT2D eigenvalue weighted by atomic mass is 32.2. The molecule has 0 aliphatic carbocycles. The Morgan fingerprint density at radius 3 is 2.76 bits per heavy atom. The molecule has 1 aromatic carbocycles. The lowest BCUT2D eigenvalue weighted by Crippen LogP contribution is -2.71. The lowest BCUT2D eigenvalue weighted by atomic mass is 9.94. The minimum absolute atomic E-state index is 0.0743. The first-order valence-corrected chi connectivity index (χ1v) is 10.1. The molecule has 1 atom stereocenters. The van der Waals surface area contributed by atoms with Crippen LogP contribution in [0.5, 0.6) is 0 Å². The molecule has 25 heavy (non-hydrogen) atoms. The monoisotopic (exact) mass is 370 g/mol. The van der Waals surface area contributed by atoms with Crippen molar-refractivity contribution in [3.05, 3.63) is 35.6 Å². The van der Waals surface area contributed by atoms with Gasteiger partial charge in [-0.1, -0.05) is 13.0 Å². The van der Waals surface area contributed by atoms with Crippen molar-refractivity contribution in [3.8, 4) is 0 Å². The van der Waals surface area contributed by atoms with Crippen molar-refractivity contribution < 1.29 is 22.3 Å². The fourth-order valence-electron chi connectivity index (χ4n) is 3.32. The van der Waals surface area contributed by atoms with Gasteiger partial charge >= 0.3 is 0 Å². The number of nitrogens with zero attached hydrogens (tertiary/aromatic N) is 2. The fourth-order valence-corrected chi connectivity index (χ4v) is 5.31. The SMILES string of the molecule is CCN(C)C[C@H]1COC2(CN(C(=O)c3cccc(F)c3)C2)CS1(=O)=O. The zero-order valence-corrected chi connectivity index (χ0v) is 15.3. The van der Waals surface area contributed by atoms with Gasteiger partial charge in [-0.2, -0.15) is 0 Å². The quantitative estimate of drug-likeness (QED) is 0.784. The van der Waals surface area contributed by atoms with Crippen molar-refractivity contribution in [1.82, 2.24) is 9.80 Å². The number of carbonyl (C=O) groups is 1. The highest BCUT2D eigenvalue weighted by Crippen LogP contribution is 2.33. The average Bonchev–Trinajstić information content (AvgIpc) is 2.53. The number of hydrogen-bond acceptors (Lipinski definition) is 5. The Labute approximate surface area is 147 Å². The summed E-state index contributed by atoms with van der Waals surface area (Å²) in [7, 11) is -1.40. The Balaban J connectivity index is 1.63. The maximum atomic E-state index is 13.3. The number of hydrogen-bond donors (Lipinski definition) is 0. The molecule has 2 heterocycles. The molecule has 0 N–H and O–H groups in total. The molecular formula is C17H23FN2O4S. The number of sulfone groups is 1. The van der Waals surface area contributed by atoms with Crippen LogP contribution in [0, 0.1) is 5.82 Å². The summed E-state index contributed by atoms with van der Waals surface area (Å²) in [5.41, 5.74) is -0.556. The van der Waals surface area contributed by atoms with Crippen LogP contribution in [0.2, 0.25) is 0 Å². The molecule has 1 amide bonds. The highest BCUT2D eigenvalue weighted by molar-refractivity contribution is 7.92. The summed E-state index contributed by atoms with van der Waals surface area (Å²) in [6, 6.07) is 5.49. The van der Waals surface area contributed by atoms with E-state index in [0.29, 0.717) is 6.54 Å². The van der Waals surface area contributed by atoms with Gasteiger partial charge in [0, 0.05) is 12.1 Å². The van der Waals surface area contributed by atoms with Crippen molar-refractivity contribution in [2.45, 2.75) is 17.8 Å². The van der Waals surface area contributed by atoms with Gasteiger partial charge in [0.15, 0.2) is 9.84 Å². The van der Waals surface area contributed by atoms with Gasteiger partial charge in [-0.15, -0.1) is 0 Å². The number of likely N-dealkylation sites (tertiary alicyclic amines) is 1. The minimum Gasteiger partial charge on any atom is -0.369 e. The summed E-state index contributed by atoms with van der Waals surface area (Å²) >= 11 is 0. The van der Waals surface area contributed by atoms with E-state index in [4.69, 9.17) is 4.74 Å². The average molecular weight is 370 g/mol. The number of carbonyl (C=O) groups excluding carboxylic acids is 1. The van der Waals surface area contributed by atoms with Gasteiger partial charge in [0.05, 0.1) is 30.7 Å². The first-order valence-electron chi connectivity index (χ1n) is 8.33. The molecule has 1 aromatic rings. The Morgan fingerprint density at radius 1 is 1.44 bits per heavy atom. The molecule has 0 aromatic heterocycles. The topological polar surface area (TPSA) is 66.9 Å². The van der Waals surface area contributed by atoms with Crippen LogP contribution in [-0.4, -0.2) is 80.6 Å². The molecule has 138 valence electrons. The maximum Gasteiger partial charge on any atom is 0.254 e. The predicted molar refractivity (Wildman–Crippen MR) is 91.7 cm³/mol. The van der Waals surface area contributed by atoms with E-state index < -0.39 is 26.5 Å². The maximum absolute atomic E-state index is 13.3. The lowest BCUT2D eigenvalue weighted by Gasteiger charge is -2.52. The number of ether oxygens (including phenoxy) is 1. The standard InChI is InChI=1S/C17H23FN2O4S/c1-3-19(2)8-15-9-24-17(12-25(15,22)23)10-20(11-17)16(21)13-5-4-6-14(18)7-13/h4-7,15H,3,8-12H2,1-2H3/t15-/m0/s1. The molecule has 2 fully saturated rings. The van der Waals surface area contributed by atoms with E-state index in [1.54, 1.807) is 6.07 Å². The first kappa shape index (κ1) is 18.3. The van der Waals surface area contributed by atoms with Crippen LogP contribution in [-0.2, 0) is 14.6 Å².